The number of carbonyl (C=O) groups is 1. The SMILES string of the molecule is CCOc1c(Cl)c(Cl)c2c(c1C(=O)[O-])OB(O)CO2.[Na+]. The van der Waals surface area contributed by atoms with Gasteiger partial charge in [0.15, 0.2) is 17.2 Å². The maximum absolute atomic E-state index is 11.2. The van der Waals surface area contributed by atoms with Crippen LogP contribution in [0.25, 0.3) is 0 Å². The van der Waals surface area contributed by atoms with E-state index in [-0.39, 0.29) is 70.0 Å². The summed E-state index contributed by atoms with van der Waals surface area (Å²) in [4.78, 5) is 11.2. The van der Waals surface area contributed by atoms with E-state index in [0.29, 0.717) is 0 Å². The number of aromatic carboxylic acids is 1. The second-order valence-corrected chi connectivity index (χ2v) is 4.35. The van der Waals surface area contributed by atoms with Gasteiger partial charge in [0.2, 0.25) is 0 Å². The van der Waals surface area contributed by atoms with Crippen molar-refractivity contribution in [1.82, 2.24) is 0 Å². The quantitative estimate of drug-likeness (QED) is 0.620. The third-order valence-electron chi connectivity index (χ3n) is 2.37. The summed E-state index contributed by atoms with van der Waals surface area (Å²) in [6, 6.07) is 0. The summed E-state index contributed by atoms with van der Waals surface area (Å²) >= 11 is 11.9. The van der Waals surface area contributed by atoms with Crippen LogP contribution < -0.4 is 48.8 Å². The smallest absolute Gasteiger partial charge is 0.545 e. The number of carboxylic acid groups (broad SMARTS) is 1. The molecule has 0 aliphatic carbocycles. The number of benzene rings is 1. The number of hydrogen-bond acceptors (Lipinski definition) is 6. The van der Waals surface area contributed by atoms with Crippen molar-refractivity contribution in [2.75, 3.05) is 13.1 Å². The summed E-state index contributed by atoms with van der Waals surface area (Å²) in [5, 5.41) is 20.4. The van der Waals surface area contributed by atoms with Crippen LogP contribution in [0.4, 0.5) is 0 Å². The first-order valence-electron chi connectivity index (χ1n) is 5.34. The van der Waals surface area contributed by atoms with Gasteiger partial charge in [0.25, 0.3) is 0 Å². The van der Waals surface area contributed by atoms with Crippen molar-refractivity contribution >= 4 is 36.3 Å². The third-order valence-corrected chi connectivity index (χ3v) is 3.19. The average Bonchev–Trinajstić information content (AvgIpc) is 2.35. The Morgan fingerprint density at radius 2 is 2.10 bits per heavy atom. The molecule has 20 heavy (non-hydrogen) atoms. The molecule has 0 saturated carbocycles. The molecule has 0 radical (unpaired) electrons. The largest absolute Gasteiger partial charge is 1.00 e. The number of ether oxygens (including phenoxy) is 2. The van der Waals surface area contributed by atoms with Crippen LogP contribution in [0, 0.1) is 0 Å². The second-order valence-electron chi connectivity index (χ2n) is 3.59. The van der Waals surface area contributed by atoms with Crippen molar-refractivity contribution in [3.8, 4) is 17.2 Å². The molecule has 1 aromatic carbocycles. The van der Waals surface area contributed by atoms with Crippen molar-refractivity contribution in [1.29, 1.82) is 0 Å². The topological polar surface area (TPSA) is 88.1 Å². The molecule has 0 unspecified atom stereocenters. The fourth-order valence-electron chi connectivity index (χ4n) is 1.66. The normalized spacial score (nSPS) is 12.7. The summed E-state index contributed by atoms with van der Waals surface area (Å²) in [6.45, 7) is 1.62. The third kappa shape index (κ3) is 3.13. The van der Waals surface area contributed by atoms with Crippen LogP contribution in [0.15, 0.2) is 0 Å². The number of fused-ring (bicyclic) bond motifs is 1. The molecule has 10 heteroatoms. The van der Waals surface area contributed by atoms with Crippen LogP contribution in [0.1, 0.15) is 17.3 Å². The summed E-state index contributed by atoms with van der Waals surface area (Å²) < 4.78 is 15.3. The van der Waals surface area contributed by atoms with E-state index in [0.717, 1.165) is 0 Å². The van der Waals surface area contributed by atoms with E-state index < -0.39 is 18.7 Å². The zero-order valence-corrected chi connectivity index (χ0v) is 14.2. The molecule has 2 rings (SSSR count). The van der Waals surface area contributed by atoms with Gasteiger partial charge >= 0.3 is 36.7 Å². The first-order valence-corrected chi connectivity index (χ1v) is 6.09. The summed E-state index contributed by atoms with van der Waals surface area (Å²) in [6.07, 6.45) is 0. The Hall–Kier alpha value is -0.305. The molecule has 0 aromatic heterocycles. The van der Waals surface area contributed by atoms with Crippen LogP contribution in [-0.4, -0.2) is 31.2 Å². The van der Waals surface area contributed by atoms with E-state index in [1.165, 1.54) is 0 Å². The maximum Gasteiger partial charge on any atom is 1.00 e. The van der Waals surface area contributed by atoms with Crippen LogP contribution in [0.3, 0.4) is 0 Å². The predicted molar refractivity (Wildman–Crippen MR) is 66.1 cm³/mol. The molecule has 1 N–H and O–H groups in total. The van der Waals surface area contributed by atoms with E-state index in [2.05, 4.69) is 0 Å². The molecular weight excluding hydrogens is 321 g/mol. The molecule has 6 nitrogen and oxygen atoms in total. The Bertz CT molecular complexity index is 541. The van der Waals surface area contributed by atoms with E-state index in [4.69, 9.17) is 37.3 Å². The van der Waals surface area contributed by atoms with E-state index in [1.54, 1.807) is 6.92 Å². The Kier molecular flexibility index (Phi) is 6.31. The molecule has 0 fully saturated rings. The number of halogens is 2. The van der Waals surface area contributed by atoms with Gasteiger partial charge in [-0.3, -0.25) is 0 Å². The number of carboxylic acids is 1. The molecule has 0 saturated heterocycles. The van der Waals surface area contributed by atoms with Gasteiger partial charge in [0.1, 0.15) is 16.6 Å². The molecule has 0 bridgehead atoms. The van der Waals surface area contributed by atoms with Gasteiger partial charge in [-0.1, -0.05) is 23.2 Å². The van der Waals surface area contributed by atoms with Gasteiger partial charge in [0.05, 0.1) is 18.1 Å². The fourth-order valence-corrected chi connectivity index (χ4v) is 2.12. The van der Waals surface area contributed by atoms with Gasteiger partial charge in [-0.2, -0.15) is 0 Å². The van der Waals surface area contributed by atoms with Crippen molar-refractivity contribution < 1.29 is 58.6 Å². The molecule has 102 valence electrons. The van der Waals surface area contributed by atoms with Crippen molar-refractivity contribution in [3.63, 3.8) is 0 Å². The number of rotatable bonds is 3. The molecule has 1 heterocycles. The second kappa shape index (κ2) is 7.11. The molecule has 0 atom stereocenters. The molecule has 1 aliphatic rings. The van der Waals surface area contributed by atoms with Gasteiger partial charge < -0.3 is 29.1 Å². The van der Waals surface area contributed by atoms with E-state index >= 15 is 0 Å². The van der Waals surface area contributed by atoms with Gasteiger partial charge in [-0.15, -0.1) is 0 Å². The first kappa shape index (κ1) is 17.7. The fraction of sp³-hybridized carbons (Fsp3) is 0.300. The Balaban J connectivity index is 0.00000200. The van der Waals surface area contributed by atoms with Crippen molar-refractivity contribution in [2.24, 2.45) is 0 Å². The maximum atomic E-state index is 11.2. The van der Waals surface area contributed by atoms with Crippen LogP contribution in [0.5, 0.6) is 17.2 Å². The molecule has 0 spiro atoms. The summed E-state index contributed by atoms with van der Waals surface area (Å²) in [5.74, 6) is -2.06. The van der Waals surface area contributed by atoms with Crippen LogP contribution >= 0.6 is 23.2 Å². The molecular formula is C10H8BCl2NaO6. The molecule has 1 aromatic rings. The van der Waals surface area contributed by atoms with Crippen LogP contribution in [0.2, 0.25) is 10.0 Å². The minimum absolute atomic E-state index is 0. The average molecular weight is 329 g/mol. The minimum Gasteiger partial charge on any atom is -0.545 e. The van der Waals surface area contributed by atoms with Gasteiger partial charge in [-0.05, 0) is 6.92 Å². The molecule has 1 aliphatic heterocycles. The first-order chi connectivity index (χ1) is 8.97. The Morgan fingerprint density at radius 3 is 2.65 bits per heavy atom. The summed E-state index contributed by atoms with van der Waals surface area (Å²) in [7, 11) is -1.31. The van der Waals surface area contributed by atoms with E-state index in [9.17, 15) is 14.9 Å². The zero-order valence-electron chi connectivity index (χ0n) is 10.7. The van der Waals surface area contributed by atoms with Gasteiger partial charge in [-0.25, -0.2) is 0 Å². The van der Waals surface area contributed by atoms with Crippen molar-refractivity contribution in [2.45, 2.75) is 6.92 Å². The minimum atomic E-state index is -1.57. The number of hydrogen-bond donors (Lipinski definition) is 1. The van der Waals surface area contributed by atoms with E-state index in [1.807, 2.05) is 0 Å². The Labute approximate surface area is 147 Å². The number of carbonyl (C=O) groups excluding carboxylic acids is 1. The summed E-state index contributed by atoms with van der Waals surface area (Å²) in [5.41, 5.74) is -0.440. The van der Waals surface area contributed by atoms with Gasteiger partial charge in [0, 0.05) is 0 Å². The van der Waals surface area contributed by atoms with Crippen molar-refractivity contribution in [3.05, 3.63) is 15.6 Å². The zero-order chi connectivity index (χ0) is 14.2. The predicted octanol–water partition coefficient (Wildman–Crippen LogP) is -2.45. The van der Waals surface area contributed by atoms with Crippen LogP contribution in [-0.2, 0) is 0 Å². The standard InChI is InChI=1S/C10H9BCl2O6.Na/c1-2-17-7-4(10(14)15)8-9(6(13)5(7)12)18-3-11(16)19-8;/h16H,2-3H2,1H3,(H,14,15);/q;+1/p-1. The molecule has 0 amide bonds. The monoisotopic (exact) mass is 328 g/mol. The Morgan fingerprint density at radius 1 is 1.45 bits per heavy atom.